The summed E-state index contributed by atoms with van der Waals surface area (Å²) in [6.45, 7) is -0.329. The zero-order valence-electron chi connectivity index (χ0n) is 14.4. The molecule has 3 rings (SSSR count). The third kappa shape index (κ3) is 4.40. The van der Waals surface area contributed by atoms with Crippen LogP contribution < -0.4 is 5.32 Å². The van der Waals surface area contributed by atoms with Crippen LogP contribution in [0.15, 0.2) is 6.07 Å². The number of nitrogens with one attached hydrogen (secondary N) is 1. The van der Waals surface area contributed by atoms with E-state index < -0.39 is 17.4 Å². The number of thiophene rings is 1. The van der Waals surface area contributed by atoms with E-state index >= 15 is 0 Å². The Morgan fingerprint density at radius 2 is 1.88 bits per heavy atom. The van der Waals surface area contributed by atoms with Crippen LogP contribution in [-0.4, -0.2) is 24.0 Å². The lowest BCUT2D eigenvalue weighted by Gasteiger charge is -2.31. The van der Waals surface area contributed by atoms with Gasteiger partial charge >= 0.3 is 5.97 Å². The third-order valence-electron chi connectivity index (χ3n) is 5.08. The smallest absolute Gasteiger partial charge is 0.348 e. The Labute approximate surface area is 152 Å². The van der Waals surface area contributed by atoms with Gasteiger partial charge in [0.15, 0.2) is 6.61 Å². The maximum atomic E-state index is 12.2. The Hall–Kier alpha value is -1.87. The van der Waals surface area contributed by atoms with Gasteiger partial charge in [-0.2, -0.15) is 5.26 Å². The predicted molar refractivity (Wildman–Crippen MR) is 95.4 cm³/mol. The number of nitrogens with zero attached hydrogens (tertiary/aromatic N) is 1. The fourth-order valence-electron chi connectivity index (χ4n) is 3.69. The molecule has 0 aliphatic heterocycles. The van der Waals surface area contributed by atoms with Gasteiger partial charge in [-0.15, -0.1) is 11.3 Å². The van der Waals surface area contributed by atoms with E-state index in [4.69, 9.17) is 4.74 Å². The van der Waals surface area contributed by atoms with E-state index in [1.165, 1.54) is 34.6 Å². The molecule has 1 heterocycles. The summed E-state index contributed by atoms with van der Waals surface area (Å²) < 4.78 is 5.18. The minimum atomic E-state index is -0.790. The minimum Gasteiger partial charge on any atom is -0.451 e. The second-order valence-corrected chi connectivity index (χ2v) is 8.14. The highest BCUT2D eigenvalue weighted by atomic mass is 32.1. The molecule has 2 aliphatic carbocycles. The number of hydrogen-bond donors (Lipinski definition) is 1. The molecule has 1 aromatic rings. The third-order valence-corrected chi connectivity index (χ3v) is 6.30. The molecule has 0 bridgehead atoms. The second-order valence-electron chi connectivity index (χ2n) is 7.00. The summed E-state index contributed by atoms with van der Waals surface area (Å²) in [6.07, 6.45) is 9.92. The first-order valence-corrected chi connectivity index (χ1v) is 9.94. The highest BCUT2D eigenvalue weighted by Gasteiger charge is 2.33. The second kappa shape index (κ2) is 8.01. The zero-order chi connectivity index (χ0) is 17.7. The summed E-state index contributed by atoms with van der Waals surface area (Å²) in [6, 6.07) is 4.16. The molecule has 0 unspecified atom stereocenters. The van der Waals surface area contributed by atoms with Crippen molar-refractivity contribution in [3.05, 3.63) is 21.4 Å². The van der Waals surface area contributed by atoms with Crippen LogP contribution in [0.2, 0.25) is 0 Å². The fraction of sp³-hybridized carbons (Fsp3) is 0.632. The fourth-order valence-corrected chi connectivity index (χ4v) is 4.84. The van der Waals surface area contributed by atoms with Gasteiger partial charge in [-0.3, -0.25) is 4.79 Å². The quantitative estimate of drug-likeness (QED) is 0.658. The van der Waals surface area contributed by atoms with Gasteiger partial charge in [0, 0.05) is 4.88 Å². The zero-order valence-corrected chi connectivity index (χ0v) is 15.3. The number of carbonyl (C=O) groups excluding carboxylic acids is 2. The molecule has 1 N–H and O–H groups in total. The van der Waals surface area contributed by atoms with Crippen molar-refractivity contribution in [2.24, 2.45) is 0 Å². The monoisotopic (exact) mass is 360 g/mol. The number of aryl methyl sites for hydroxylation is 2. The average molecular weight is 360 g/mol. The number of rotatable bonds is 4. The molecular formula is C19H24N2O3S. The Kier molecular flexibility index (Phi) is 5.74. The highest BCUT2D eigenvalue weighted by Crippen LogP contribution is 2.30. The summed E-state index contributed by atoms with van der Waals surface area (Å²) in [5.41, 5.74) is 0.465. The van der Waals surface area contributed by atoms with E-state index in [-0.39, 0.29) is 6.61 Å². The van der Waals surface area contributed by atoms with Gasteiger partial charge in [-0.25, -0.2) is 4.79 Å². The van der Waals surface area contributed by atoms with Crippen molar-refractivity contribution in [3.8, 4) is 6.07 Å². The average Bonchev–Trinajstić information content (AvgIpc) is 2.91. The molecule has 0 saturated heterocycles. The van der Waals surface area contributed by atoms with Crippen LogP contribution in [-0.2, 0) is 22.4 Å². The summed E-state index contributed by atoms with van der Waals surface area (Å²) in [5.74, 6) is -0.835. The first-order chi connectivity index (χ1) is 12.1. The molecule has 5 nitrogen and oxygen atoms in total. The molecule has 134 valence electrons. The maximum Gasteiger partial charge on any atom is 0.348 e. The number of ether oxygens (including phenoxy) is 1. The first-order valence-electron chi connectivity index (χ1n) is 9.13. The van der Waals surface area contributed by atoms with Gasteiger partial charge in [-0.1, -0.05) is 25.7 Å². The van der Waals surface area contributed by atoms with Crippen LogP contribution in [0.25, 0.3) is 0 Å². The summed E-state index contributed by atoms with van der Waals surface area (Å²) in [4.78, 5) is 26.2. The van der Waals surface area contributed by atoms with Crippen molar-refractivity contribution < 1.29 is 14.3 Å². The number of fused-ring (bicyclic) bond motifs is 1. The highest BCUT2D eigenvalue weighted by molar-refractivity contribution is 7.14. The van der Waals surface area contributed by atoms with Gasteiger partial charge in [0.25, 0.3) is 5.91 Å². The van der Waals surface area contributed by atoms with Crippen LogP contribution >= 0.6 is 11.3 Å². The summed E-state index contributed by atoms with van der Waals surface area (Å²) >= 11 is 1.49. The molecule has 0 aromatic carbocycles. The van der Waals surface area contributed by atoms with Crippen molar-refractivity contribution in [3.63, 3.8) is 0 Å². The lowest BCUT2D eigenvalue weighted by Crippen LogP contribution is -2.50. The number of esters is 1. The van der Waals surface area contributed by atoms with Crippen LogP contribution in [0.1, 0.15) is 71.5 Å². The van der Waals surface area contributed by atoms with Crippen LogP contribution in [0, 0.1) is 11.3 Å². The van der Waals surface area contributed by atoms with E-state index in [0.29, 0.717) is 17.7 Å². The molecule has 1 fully saturated rings. The molecule has 0 radical (unpaired) electrons. The van der Waals surface area contributed by atoms with Crippen molar-refractivity contribution in [2.45, 2.75) is 69.7 Å². The molecule has 0 atom stereocenters. The Balaban J connectivity index is 1.53. The van der Waals surface area contributed by atoms with Gasteiger partial charge in [0.1, 0.15) is 10.4 Å². The van der Waals surface area contributed by atoms with Crippen molar-refractivity contribution in [1.82, 2.24) is 5.32 Å². The lowest BCUT2D eigenvalue weighted by molar-refractivity contribution is -0.125. The molecular weight excluding hydrogens is 336 g/mol. The van der Waals surface area contributed by atoms with Crippen LogP contribution in [0.5, 0.6) is 0 Å². The largest absolute Gasteiger partial charge is 0.451 e. The van der Waals surface area contributed by atoms with E-state index in [1.807, 2.05) is 6.07 Å². The van der Waals surface area contributed by atoms with E-state index in [9.17, 15) is 14.9 Å². The van der Waals surface area contributed by atoms with Crippen molar-refractivity contribution in [1.29, 1.82) is 5.26 Å². The van der Waals surface area contributed by atoms with Crippen LogP contribution in [0.4, 0.5) is 0 Å². The Morgan fingerprint density at radius 3 is 2.64 bits per heavy atom. The van der Waals surface area contributed by atoms with Gasteiger partial charge in [-0.05, 0) is 50.2 Å². The number of hydrogen-bond acceptors (Lipinski definition) is 5. The molecule has 1 amide bonds. The summed E-state index contributed by atoms with van der Waals surface area (Å²) in [5, 5.41) is 12.2. The normalized spacial score (nSPS) is 19.2. The van der Waals surface area contributed by atoms with E-state index in [2.05, 4.69) is 11.4 Å². The Bertz CT molecular complexity index is 660. The van der Waals surface area contributed by atoms with Crippen molar-refractivity contribution in [2.75, 3.05) is 6.61 Å². The van der Waals surface area contributed by atoms with Gasteiger partial charge in [0.05, 0.1) is 6.07 Å². The lowest BCUT2D eigenvalue weighted by atomic mass is 9.83. The molecule has 1 saturated carbocycles. The predicted octanol–water partition coefficient (Wildman–Crippen LogP) is 3.52. The molecule has 25 heavy (non-hydrogen) atoms. The number of amides is 1. The number of nitriles is 1. The number of carbonyl (C=O) groups is 2. The van der Waals surface area contributed by atoms with Gasteiger partial charge in [0.2, 0.25) is 0 Å². The maximum absolute atomic E-state index is 12.2. The first kappa shape index (κ1) is 17.9. The minimum absolute atomic E-state index is 0.329. The standard InChI is InChI=1S/C19H24N2O3S/c20-13-19(9-5-2-6-10-19)21-17(22)12-24-18(23)16-11-14-7-3-1-4-8-15(14)25-16/h11H,1-10,12H2,(H,21,22). The van der Waals surface area contributed by atoms with E-state index in [0.717, 1.165) is 38.5 Å². The molecule has 0 spiro atoms. The topological polar surface area (TPSA) is 79.2 Å². The van der Waals surface area contributed by atoms with Crippen LogP contribution in [0.3, 0.4) is 0 Å². The SMILES string of the molecule is N#CC1(NC(=O)COC(=O)c2cc3c(s2)CCCCC3)CCCCC1. The van der Waals surface area contributed by atoms with Crippen molar-refractivity contribution >= 4 is 23.2 Å². The van der Waals surface area contributed by atoms with E-state index in [1.54, 1.807) is 0 Å². The molecule has 1 aromatic heterocycles. The molecule has 6 heteroatoms. The van der Waals surface area contributed by atoms with Gasteiger partial charge < -0.3 is 10.1 Å². The Morgan fingerprint density at radius 1 is 1.16 bits per heavy atom. The molecule has 2 aliphatic rings. The summed E-state index contributed by atoms with van der Waals surface area (Å²) in [7, 11) is 0.